The highest BCUT2D eigenvalue weighted by atomic mass is 19.4. The van der Waals surface area contributed by atoms with Gasteiger partial charge in [-0.1, -0.05) is 19.9 Å². The molecule has 7 heteroatoms. The number of nitrogens with zero attached hydrogens (tertiary/aromatic N) is 1. The molecule has 134 valence electrons. The van der Waals surface area contributed by atoms with Crippen molar-refractivity contribution in [2.24, 2.45) is 5.92 Å². The normalized spacial score (nSPS) is 11.4. The summed E-state index contributed by atoms with van der Waals surface area (Å²) >= 11 is 0. The number of amides is 1. The largest absolute Gasteiger partial charge is 0.416 e. The maximum absolute atomic E-state index is 12.7. The molecule has 0 spiro atoms. The van der Waals surface area contributed by atoms with Gasteiger partial charge in [0.1, 0.15) is 5.82 Å². The van der Waals surface area contributed by atoms with Crippen molar-refractivity contribution in [3.05, 3.63) is 53.7 Å². The van der Waals surface area contributed by atoms with Crippen LogP contribution in [0.2, 0.25) is 0 Å². The van der Waals surface area contributed by atoms with Crippen LogP contribution in [0, 0.1) is 5.92 Å². The zero-order chi connectivity index (χ0) is 18.4. The van der Waals surface area contributed by atoms with Crippen LogP contribution in [0.5, 0.6) is 0 Å². The fourth-order valence-corrected chi connectivity index (χ4v) is 2.10. The molecule has 0 saturated heterocycles. The van der Waals surface area contributed by atoms with Crippen LogP contribution in [-0.4, -0.2) is 17.4 Å². The van der Waals surface area contributed by atoms with Crippen LogP contribution in [0.4, 0.5) is 24.7 Å². The summed E-state index contributed by atoms with van der Waals surface area (Å²) in [6, 6.07) is 7.75. The van der Waals surface area contributed by atoms with Crippen molar-refractivity contribution in [1.82, 2.24) is 4.98 Å². The summed E-state index contributed by atoms with van der Waals surface area (Å²) in [5, 5.41) is 5.60. The number of aromatic nitrogens is 1. The van der Waals surface area contributed by atoms with E-state index in [-0.39, 0.29) is 11.3 Å². The number of nitrogens with one attached hydrogen (secondary N) is 2. The van der Waals surface area contributed by atoms with E-state index in [1.807, 2.05) is 0 Å². The summed E-state index contributed by atoms with van der Waals surface area (Å²) in [5.74, 6) is 0.710. The first-order chi connectivity index (χ1) is 11.8. The van der Waals surface area contributed by atoms with Crippen LogP contribution in [-0.2, 0) is 6.18 Å². The zero-order valence-corrected chi connectivity index (χ0v) is 14.0. The molecular weight excluding hydrogens is 331 g/mol. The van der Waals surface area contributed by atoms with Gasteiger partial charge in [0.05, 0.1) is 11.1 Å². The van der Waals surface area contributed by atoms with Gasteiger partial charge in [-0.25, -0.2) is 4.98 Å². The van der Waals surface area contributed by atoms with Crippen LogP contribution < -0.4 is 10.6 Å². The van der Waals surface area contributed by atoms with E-state index in [2.05, 4.69) is 29.5 Å². The van der Waals surface area contributed by atoms with Crippen LogP contribution in [0.1, 0.15) is 36.2 Å². The Morgan fingerprint density at radius 1 is 1.20 bits per heavy atom. The van der Waals surface area contributed by atoms with Gasteiger partial charge >= 0.3 is 6.18 Å². The van der Waals surface area contributed by atoms with E-state index >= 15 is 0 Å². The molecule has 2 N–H and O–H groups in total. The summed E-state index contributed by atoms with van der Waals surface area (Å²) in [5.41, 5.74) is -0.459. The van der Waals surface area contributed by atoms with Gasteiger partial charge in [0.15, 0.2) is 0 Å². The fraction of sp³-hybridized carbons (Fsp3) is 0.333. The Morgan fingerprint density at radius 2 is 1.96 bits per heavy atom. The first-order valence-corrected chi connectivity index (χ1v) is 7.94. The number of carbonyl (C=O) groups is 1. The number of halogens is 3. The summed E-state index contributed by atoms with van der Waals surface area (Å²) in [6.07, 6.45) is -2.06. The Kier molecular flexibility index (Phi) is 6.01. The lowest BCUT2D eigenvalue weighted by atomic mass is 10.1. The first kappa shape index (κ1) is 18.8. The molecule has 1 aromatic carbocycles. The molecule has 25 heavy (non-hydrogen) atoms. The van der Waals surface area contributed by atoms with Crippen LogP contribution in [0.15, 0.2) is 42.6 Å². The molecule has 1 amide bonds. The molecular formula is C18H20F3N3O. The second kappa shape index (κ2) is 8.00. The molecule has 0 bridgehead atoms. The van der Waals surface area contributed by atoms with Gasteiger partial charge in [0.25, 0.3) is 5.91 Å². The molecule has 1 aromatic heterocycles. The standard InChI is InChI=1S/C18H20F3N3O/c1-12(2)8-9-22-16-7-6-13(11-23-16)17(25)24-15-5-3-4-14(10-15)18(19,20)21/h3-7,10-12H,8-9H2,1-2H3,(H,22,23)(H,24,25). The Balaban J connectivity index is 1.99. The monoisotopic (exact) mass is 351 g/mol. The van der Waals surface area contributed by atoms with E-state index in [4.69, 9.17) is 0 Å². The Bertz CT molecular complexity index is 712. The third-order valence-corrected chi connectivity index (χ3v) is 3.50. The van der Waals surface area contributed by atoms with Gasteiger partial charge in [0, 0.05) is 18.4 Å². The number of hydrogen-bond donors (Lipinski definition) is 2. The van der Waals surface area contributed by atoms with E-state index in [1.54, 1.807) is 12.1 Å². The van der Waals surface area contributed by atoms with E-state index in [9.17, 15) is 18.0 Å². The van der Waals surface area contributed by atoms with Crippen LogP contribution in [0.3, 0.4) is 0 Å². The number of rotatable bonds is 6. The maximum Gasteiger partial charge on any atom is 0.416 e. The topological polar surface area (TPSA) is 54.0 Å². The van der Waals surface area contributed by atoms with E-state index < -0.39 is 17.6 Å². The molecule has 0 fully saturated rings. The number of hydrogen-bond acceptors (Lipinski definition) is 3. The SMILES string of the molecule is CC(C)CCNc1ccc(C(=O)Nc2cccc(C(F)(F)F)c2)cn1. The lowest BCUT2D eigenvalue weighted by Crippen LogP contribution is -2.14. The minimum atomic E-state index is -4.45. The van der Waals surface area contributed by atoms with Crippen LogP contribution in [0.25, 0.3) is 0 Å². The molecule has 0 aliphatic rings. The number of pyridine rings is 1. The Morgan fingerprint density at radius 3 is 2.56 bits per heavy atom. The lowest BCUT2D eigenvalue weighted by molar-refractivity contribution is -0.137. The van der Waals surface area contributed by atoms with Gasteiger partial charge in [0.2, 0.25) is 0 Å². The summed E-state index contributed by atoms with van der Waals surface area (Å²) < 4.78 is 38.1. The van der Waals surface area contributed by atoms with Crippen LogP contribution >= 0.6 is 0 Å². The van der Waals surface area contributed by atoms with Crippen molar-refractivity contribution >= 4 is 17.4 Å². The number of alkyl halides is 3. The highest BCUT2D eigenvalue weighted by Gasteiger charge is 2.30. The molecule has 0 saturated carbocycles. The van der Waals surface area contributed by atoms with Crippen molar-refractivity contribution in [3.8, 4) is 0 Å². The zero-order valence-electron chi connectivity index (χ0n) is 14.0. The molecule has 0 aliphatic heterocycles. The predicted octanol–water partition coefficient (Wildman–Crippen LogP) is 4.81. The van der Waals surface area contributed by atoms with E-state index in [0.29, 0.717) is 11.7 Å². The molecule has 4 nitrogen and oxygen atoms in total. The van der Waals surface area contributed by atoms with Crippen molar-refractivity contribution in [2.75, 3.05) is 17.2 Å². The molecule has 2 rings (SSSR count). The molecule has 0 aliphatic carbocycles. The fourth-order valence-electron chi connectivity index (χ4n) is 2.10. The van der Waals surface area contributed by atoms with Crippen molar-refractivity contribution in [1.29, 1.82) is 0 Å². The lowest BCUT2D eigenvalue weighted by Gasteiger charge is -2.10. The second-order valence-electron chi connectivity index (χ2n) is 6.07. The number of benzene rings is 1. The van der Waals surface area contributed by atoms with Gasteiger partial charge in [-0.15, -0.1) is 0 Å². The second-order valence-corrected chi connectivity index (χ2v) is 6.07. The minimum Gasteiger partial charge on any atom is -0.370 e. The van der Waals surface area contributed by atoms with Crippen molar-refractivity contribution < 1.29 is 18.0 Å². The maximum atomic E-state index is 12.7. The van der Waals surface area contributed by atoms with Gasteiger partial charge in [-0.3, -0.25) is 4.79 Å². The Labute approximate surface area is 144 Å². The Hall–Kier alpha value is -2.57. The predicted molar refractivity (Wildman–Crippen MR) is 91.6 cm³/mol. The molecule has 2 aromatic rings. The average Bonchev–Trinajstić information content (AvgIpc) is 2.54. The molecule has 0 unspecified atom stereocenters. The summed E-state index contributed by atoms with van der Waals surface area (Å²) in [7, 11) is 0. The smallest absolute Gasteiger partial charge is 0.370 e. The molecule has 1 heterocycles. The molecule has 0 radical (unpaired) electrons. The quantitative estimate of drug-likeness (QED) is 0.785. The van der Waals surface area contributed by atoms with Crippen molar-refractivity contribution in [3.63, 3.8) is 0 Å². The minimum absolute atomic E-state index is 0.0824. The molecule has 0 atom stereocenters. The third-order valence-electron chi connectivity index (χ3n) is 3.50. The van der Waals surface area contributed by atoms with Gasteiger partial charge in [-0.05, 0) is 42.7 Å². The summed E-state index contributed by atoms with van der Waals surface area (Å²) in [4.78, 5) is 16.3. The van der Waals surface area contributed by atoms with E-state index in [0.717, 1.165) is 25.1 Å². The van der Waals surface area contributed by atoms with Gasteiger partial charge < -0.3 is 10.6 Å². The third kappa shape index (κ3) is 5.77. The number of anilines is 2. The number of carbonyl (C=O) groups excluding carboxylic acids is 1. The first-order valence-electron chi connectivity index (χ1n) is 7.94. The highest BCUT2D eigenvalue weighted by Crippen LogP contribution is 2.30. The van der Waals surface area contributed by atoms with Crippen molar-refractivity contribution in [2.45, 2.75) is 26.4 Å². The van der Waals surface area contributed by atoms with E-state index in [1.165, 1.54) is 18.3 Å². The highest BCUT2D eigenvalue weighted by molar-refractivity contribution is 6.04. The van der Waals surface area contributed by atoms with Gasteiger partial charge in [-0.2, -0.15) is 13.2 Å². The average molecular weight is 351 g/mol. The summed E-state index contributed by atoms with van der Waals surface area (Å²) in [6.45, 7) is 5.02.